The Hall–Kier alpha value is -3.30. The molecule has 0 aliphatic carbocycles. The van der Waals surface area contributed by atoms with Gasteiger partial charge in [0, 0.05) is 6.20 Å². The Morgan fingerprint density at radius 1 is 1.17 bits per heavy atom. The second kappa shape index (κ2) is 6.94. The van der Waals surface area contributed by atoms with Gasteiger partial charge in [0.1, 0.15) is 16.2 Å². The van der Waals surface area contributed by atoms with E-state index in [-0.39, 0.29) is 11.5 Å². The minimum Gasteiger partial charge on any atom is -0.494 e. The molecule has 1 amide bonds. The lowest BCUT2D eigenvalue weighted by atomic mass is 10.3. The molecule has 0 spiro atoms. The number of carbonyl (C=O) groups is 1. The van der Waals surface area contributed by atoms with Crippen LogP contribution in [-0.2, 0) is 0 Å². The summed E-state index contributed by atoms with van der Waals surface area (Å²) < 4.78 is 7.90. The quantitative estimate of drug-likeness (QED) is 0.470. The zero-order valence-electron chi connectivity index (χ0n) is 15.2. The molecule has 144 valence electrons. The van der Waals surface area contributed by atoms with Gasteiger partial charge in [0.25, 0.3) is 11.5 Å². The number of benzene rings is 1. The maximum Gasteiger partial charge on any atom is 0.267 e. The molecule has 0 aliphatic heterocycles. The number of rotatable bonds is 4. The molecule has 0 bridgehead atoms. The summed E-state index contributed by atoms with van der Waals surface area (Å²) in [6.45, 7) is 2.51. The molecule has 0 unspecified atom stereocenters. The number of aromatic nitrogens is 3. The Bertz CT molecular complexity index is 1450. The smallest absolute Gasteiger partial charge is 0.267 e. The molecule has 0 saturated heterocycles. The minimum absolute atomic E-state index is 0.190. The monoisotopic (exact) mass is 422 g/mol. The third-order valence-electron chi connectivity index (χ3n) is 4.33. The van der Waals surface area contributed by atoms with Crippen LogP contribution < -0.4 is 15.6 Å². The lowest BCUT2D eigenvalue weighted by Gasteiger charge is -2.00. The molecule has 0 fully saturated rings. The summed E-state index contributed by atoms with van der Waals surface area (Å²) in [7, 11) is 0. The standard InChI is InChI=1S/C20H14N4O3S2/c1-2-27-11-6-7-13-14(9-11)29-20(21-13)23-17(25)15-10-12-18(28-15)22-16-5-3-4-8-24(16)19(12)26/h3-10H,2H2,1H3,(H,21,23,25). The lowest BCUT2D eigenvalue weighted by molar-refractivity contribution is 0.103. The number of nitrogens with zero attached hydrogens (tertiary/aromatic N) is 3. The number of carbonyl (C=O) groups excluding carboxylic acids is 1. The highest BCUT2D eigenvalue weighted by Crippen LogP contribution is 2.30. The number of hydrogen-bond acceptors (Lipinski definition) is 7. The zero-order chi connectivity index (χ0) is 20.0. The number of anilines is 1. The molecule has 0 radical (unpaired) electrons. The van der Waals surface area contributed by atoms with Crippen LogP contribution >= 0.6 is 22.7 Å². The number of ether oxygens (including phenoxy) is 1. The first-order valence-corrected chi connectivity index (χ1v) is 10.5. The fourth-order valence-corrected chi connectivity index (χ4v) is 4.85. The van der Waals surface area contributed by atoms with Crippen LogP contribution in [0.4, 0.5) is 5.13 Å². The van der Waals surface area contributed by atoms with E-state index in [1.807, 2.05) is 31.2 Å². The first-order chi connectivity index (χ1) is 14.1. The Morgan fingerprint density at radius 3 is 2.93 bits per heavy atom. The second-order valence-electron chi connectivity index (χ2n) is 6.21. The first-order valence-electron chi connectivity index (χ1n) is 8.88. The largest absolute Gasteiger partial charge is 0.494 e. The van der Waals surface area contributed by atoms with Gasteiger partial charge in [-0.25, -0.2) is 9.97 Å². The van der Waals surface area contributed by atoms with Gasteiger partial charge in [-0.3, -0.25) is 19.3 Å². The molecule has 9 heteroatoms. The number of pyridine rings is 1. The SMILES string of the molecule is CCOc1ccc2nc(NC(=O)c3cc4c(=O)n5ccccc5nc4s3)sc2c1. The van der Waals surface area contributed by atoms with Crippen LogP contribution in [0.25, 0.3) is 26.1 Å². The van der Waals surface area contributed by atoms with Gasteiger partial charge in [-0.05, 0) is 43.3 Å². The van der Waals surface area contributed by atoms with Gasteiger partial charge in [-0.15, -0.1) is 11.3 Å². The van der Waals surface area contributed by atoms with E-state index in [0.717, 1.165) is 16.0 Å². The Morgan fingerprint density at radius 2 is 2.07 bits per heavy atom. The molecule has 4 aromatic heterocycles. The van der Waals surface area contributed by atoms with Crippen molar-refractivity contribution in [3.63, 3.8) is 0 Å². The normalized spacial score (nSPS) is 11.3. The number of nitrogens with one attached hydrogen (secondary N) is 1. The summed E-state index contributed by atoms with van der Waals surface area (Å²) in [5.74, 6) is 0.454. The lowest BCUT2D eigenvalue weighted by Crippen LogP contribution is -2.13. The number of amides is 1. The van der Waals surface area contributed by atoms with Crippen molar-refractivity contribution < 1.29 is 9.53 Å². The fourth-order valence-electron chi connectivity index (χ4n) is 3.03. The van der Waals surface area contributed by atoms with Crippen LogP contribution in [0.15, 0.2) is 53.5 Å². The molecule has 29 heavy (non-hydrogen) atoms. The van der Waals surface area contributed by atoms with Gasteiger partial charge in [0.15, 0.2) is 5.13 Å². The van der Waals surface area contributed by atoms with E-state index in [9.17, 15) is 9.59 Å². The summed E-state index contributed by atoms with van der Waals surface area (Å²) >= 11 is 2.56. The van der Waals surface area contributed by atoms with E-state index >= 15 is 0 Å². The second-order valence-corrected chi connectivity index (χ2v) is 8.27. The van der Waals surface area contributed by atoms with Crippen molar-refractivity contribution in [3.05, 3.63) is 63.9 Å². The van der Waals surface area contributed by atoms with Crippen LogP contribution in [-0.4, -0.2) is 26.9 Å². The van der Waals surface area contributed by atoms with Crippen LogP contribution in [0.5, 0.6) is 5.75 Å². The van der Waals surface area contributed by atoms with Gasteiger partial charge < -0.3 is 4.74 Å². The van der Waals surface area contributed by atoms with E-state index in [0.29, 0.717) is 32.5 Å². The molecular weight excluding hydrogens is 408 g/mol. The average Bonchev–Trinajstić information content (AvgIpc) is 3.32. The van der Waals surface area contributed by atoms with Crippen LogP contribution in [0.2, 0.25) is 0 Å². The maximum absolute atomic E-state index is 12.7. The summed E-state index contributed by atoms with van der Waals surface area (Å²) in [4.78, 5) is 35.3. The van der Waals surface area contributed by atoms with Crippen molar-refractivity contribution in [1.82, 2.24) is 14.4 Å². The maximum atomic E-state index is 12.7. The molecule has 4 heterocycles. The van der Waals surface area contributed by atoms with Crippen LogP contribution in [0.1, 0.15) is 16.6 Å². The number of thiazole rings is 1. The molecular formula is C20H14N4O3S2. The van der Waals surface area contributed by atoms with Crippen molar-refractivity contribution >= 4 is 59.8 Å². The average molecular weight is 422 g/mol. The summed E-state index contributed by atoms with van der Waals surface area (Å²) in [6, 6.07) is 12.6. The van der Waals surface area contributed by atoms with Crippen LogP contribution in [0.3, 0.4) is 0 Å². The third-order valence-corrected chi connectivity index (χ3v) is 6.29. The van der Waals surface area contributed by atoms with Gasteiger partial charge in [0.2, 0.25) is 0 Å². The fraction of sp³-hybridized carbons (Fsp3) is 0.100. The highest BCUT2D eigenvalue weighted by Gasteiger charge is 2.16. The summed E-state index contributed by atoms with van der Waals surface area (Å²) in [6.07, 6.45) is 1.67. The van der Waals surface area contributed by atoms with Gasteiger partial charge in [-0.2, -0.15) is 0 Å². The van der Waals surface area contributed by atoms with Crippen molar-refractivity contribution in [2.45, 2.75) is 6.92 Å². The van der Waals surface area contributed by atoms with Crippen molar-refractivity contribution in [2.75, 3.05) is 11.9 Å². The van der Waals surface area contributed by atoms with Crippen molar-refractivity contribution in [3.8, 4) is 5.75 Å². The number of thiophene rings is 1. The van der Waals surface area contributed by atoms with Crippen molar-refractivity contribution in [2.24, 2.45) is 0 Å². The predicted octanol–water partition coefficient (Wildman–Crippen LogP) is 4.17. The summed E-state index contributed by atoms with van der Waals surface area (Å²) in [5.41, 5.74) is 1.15. The Labute approximate surface area is 172 Å². The molecule has 0 saturated carbocycles. The molecule has 7 nitrogen and oxygen atoms in total. The van der Waals surface area contributed by atoms with E-state index in [1.54, 1.807) is 24.4 Å². The van der Waals surface area contributed by atoms with E-state index in [2.05, 4.69) is 15.3 Å². The number of hydrogen-bond donors (Lipinski definition) is 1. The molecule has 5 rings (SSSR count). The van der Waals surface area contributed by atoms with E-state index in [4.69, 9.17) is 4.74 Å². The van der Waals surface area contributed by atoms with Gasteiger partial charge >= 0.3 is 0 Å². The number of fused-ring (bicyclic) bond motifs is 3. The van der Waals surface area contributed by atoms with Gasteiger partial charge in [0.05, 0.1) is 27.1 Å². The molecule has 0 atom stereocenters. The predicted molar refractivity (Wildman–Crippen MR) is 116 cm³/mol. The van der Waals surface area contributed by atoms with Gasteiger partial charge in [-0.1, -0.05) is 17.4 Å². The highest BCUT2D eigenvalue weighted by atomic mass is 32.1. The van der Waals surface area contributed by atoms with E-state index < -0.39 is 0 Å². The van der Waals surface area contributed by atoms with Crippen LogP contribution in [0, 0.1) is 0 Å². The highest BCUT2D eigenvalue weighted by molar-refractivity contribution is 7.23. The Balaban J connectivity index is 1.48. The molecule has 5 aromatic rings. The Kier molecular flexibility index (Phi) is 4.26. The summed E-state index contributed by atoms with van der Waals surface area (Å²) in [5, 5.41) is 3.74. The molecule has 1 aromatic carbocycles. The molecule has 1 N–H and O–H groups in total. The minimum atomic E-state index is -0.314. The molecule has 0 aliphatic rings. The van der Waals surface area contributed by atoms with Crippen molar-refractivity contribution in [1.29, 1.82) is 0 Å². The topological polar surface area (TPSA) is 85.6 Å². The zero-order valence-corrected chi connectivity index (χ0v) is 16.8. The van der Waals surface area contributed by atoms with E-state index in [1.165, 1.54) is 27.1 Å². The third kappa shape index (κ3) is 3.14. The first kappa shape index (κ1) is 17.8.